The molecule has 0 aromatic carbocycles. The van der Waals surface area contributed by atoms with Gasteiger partial charge < -0.3 is 0 Å². The van der Waals surface area contributed by atoms with Gasteiger partial charge in [-0.2, -0.15) is 0 Å². The van der Waals surface area contributed by atoms with Crippen molar-refractivity contribution in [2.24, 2.45) is 0 Å². The Hall–Kier alpha value is 0.0195. The van der Waals surface area contributed by atoms with Gasteiger partial charge in [0, 0.05) is 0 Å². The molecule has 2 nitrogen and oxygen atoms in total. The van der Waals surface area contributed by atoms with Crippen LogP contribution in [-0.2, 0) is 9.53 Å². The Balaban J connectivity index is 4.48. The van der Waals surface area contributed by atoms with Gasteiger partial charge in [0.1, 0.15) is 0 Å². The summed E-state index contributed by atoms with van der Waals surface area (Å²) >= 11 is 6.22. The van der Waals surface area contributed by atoms with Gasteiger partial charge in [-0.25, -0.2) is 0 Å². The Kier molecular flexibility index (Phi) is 8.35. The molecule has 0 saturated heterocycles. The zero-order valence-electron chi connectivity index (χ0n) is 8.93. The van der Waals surface area contributed by atoms with Crippen molar-refractivity contribution in [2.75, 3.05) is 7.11 Å². The first-order valence-electron chi connectivity index (χ1n) is 4.77. The minimum atomic E-state index is -0.257. The number of methoxy groups -OCH3 is 1. The van der Waals surface area contributed by atoms with Crippen molar-refractivity contribution in [3.05, 3.63) is 9.50 Å². The number of hydrogen-bond acceptors (Lipinski definition) is 2. The maximum absolute atomic E-state index is 11.4. The van der Waals surface area contributed by atoms with E-state index < -0.39 is 0 Å². The molecule has 4 heteroatoms. The normalized spacial score (nSPS) is 12.3. The number of carbonyl (C=O) groups excluding carboxylic acids is 1. The second-order valence-corrected chi connectivity index (χ2v) is 5.89. The van der Waals surface area contributed by atoms with Crippen LogP contribution in [0.4, 0.5) is 0 Å². The summed E-state index contributed by atoms with van der Waals surface area (Å²) in [6, 6.07) is 0. The summed E-state index contributed by atoms with van der Waals surface area (Å²) in [6.07, 6.45) is 2.91. The first-order valence-corrected chi connectivity index (χ1v) is 7.21. The molecular weight excluding hydrogens is 267 g/mol. The summed E-state index contributed by atoms with van der Waals surface area (Å²) in [5, 5.41) is 1.67. The van der Waals surface area contributed by atoms with Crippen molar-refractivity contribution in [1.82, 2.24) is 0 Å². The number of allylic oxidation sites excluding steroid dienone is 1. The van der Waals surface area contributed by atoms with Crippen molar-refractivity contribution in [1.29, 1.82) is 0 Å². The summed E-state index contributed by atoms with van der Waals surface area (Å²) in [6.45, 7) is 4.15. The zero-order valence-corrected chi connectivity index (χ0v) is 11.4. The maximum atomic E-state index is 11.4. The Morgan fingerprint density at radius 3 is 2.50 bits per heavy atom. The molecule has 0 heterocycles. The molecule has 14 heavy (non-hydrogen) atoms. The van der Waals surface area contributed by atoms with Crippen molar-refractivity contribution < 1.29 is 9.53 Å². The number of esters is 1. The van der Waals surface area contributed by atoms with Gasteiger partial charge in [0.05, 0.1) is 0 Å². The molecular formula is C10H17ClO2Se. The number of halogens is 1. The summed E-state index contributed by atoms with van der Waals surface area (Å²) < 4.78 is 5.41. The van der Waals surface area contributed by atoms with E-state index in [-0.39, 0.29) is 20.9 Å². The summed E-state index contributed by atoms with van der Waals surface area (Å²) in [5.74, 6) is -0.257. The molecule has 0 N–H and O–H groups in total. The van der Waals surface area contributed by atoms with E-state index in [4.69, 9.17) is 16.3 Å². The molecule has 0 aromatic heterocycles. The van der Waals surface area contributed by atoms with Crippen molar-refractivity contribution in [3.63, 3.8) is 0 Å². The predicted molar refractivity (Wildman–Crippen MR) is 60.7 cm³/mol. The first kappa shape index (κ1) is 14.0. The summed E-state index contributed by atoms with van der Waals surface area (Å²) in [5.41, 5.74) is 0. The standard InChI is InChI=1S/C10H17ClO2Se/c1-4-6-7-8(11)9(14-5-2)10(12)13-3/h4-7H2,1-3H3/b9-8+. The fourth-order valence-electron chi connectivity index (χ4n) is 0.931. The molecule has 0 aliphatic heterocycles. The third-order valence-corrected chi connectivity index (χ3v) is 4.37. The first-order chi connectivity index (χ1) is 6.67. The van der Waals surface area contributed by atoms with Gasteiger partial charge in [-0.05, 0) is 0 Å². The van der Waals surface area contributed by atoms with Gasteiger partial charge in [0.15, 0.2) is 0 Å². The van der Waals surface area contributed by atoms with Crippen LogP contribution in [0.1, 0.15) is 33.1 Å². The van der Waals surface area contributed by atoms with Crippen LogP contribution in [0.3, 0.4) is 0 Å². The number of ether oxygens (including phenoxy) is 1. The molecule has 0 aromatic rings. The van der Waals surface area contributed by atoms with Gasteiger partial charge in [0.25, 0.3) is 0 Å². The number of unbranched alkanes of at least 4 members (excludes halogenated alkanes) is 1. The third-order valence-electron chi connectivity index (χ3n) is 1.66. The molecule has 0 bridgehead atoms. The van der Waals surface area contributed by atoms with E-state index in [1.807, 2.05) is 6.92 Å². The van der Waals surface area contributed by atoms with E-state index in [9.17, 15) is 4.79 Å². The molecule has 0 fully saturated rings. The molecule has 0 spiro atoms. The Morgan fingerprint density at radius 2 is 2.07 bits per heavy atom. The van der Waals surface area contributed by atoms with Crippen LogP contribution in [0, 0.1) is 0 Å². The van der Waals surface area contributed by atoms with Gasteiger partial charge in [-0.3, -0.25) is 0 Å². The Labute approximate surface area is 97.2 Å². The average molecular weight is 284 g/mol. The Bertz CT molecular complexity index is 214. The van der Waals surface area contributed by atoms with Crippen LogP contribution in [0.15, 0.2) is 9.50 Å². The van der Waals surface area contributed by atoms with Crippen LogP contribution >= 0.6 is 11.6 Å². The molecule has 0 atom stereocenters. The predicted octanol–water partition coefficient (Wildman–Crippen LogP) is 2.94. The third kappa shape index (κ3) is 5.04. The molecule has 0 aliphatic carbocycles. The summed E-state index contributed by atoms with van der Waals surface area (Å²) in [4.78, 5) is 11.4. The van der Waals surface area contributed by atoms with Crippen LogP contribution in [0.25, 0.3) is 0 Å². The van der Waals surface area contributed by atoms with Crippen molar-refractivity contribution >= 4 is 32.5 Å². The van der Waals surface area contributed by atoms with Gasteiger partial charge in [-0.1, -0.05) is 0 Å². The van der Waals surface area contributed by atoms with Gasteiger partial charge in [0.2, 0.25) is 0 Å². The van der Waals surface area contributed by atoms with Crippen LogP contribution < -0.4 is 0 Å². The molecule has 0 rings (SSSR count). The van der Waals surface area contributed by atoms with Crippen molar-refractivity contribution in [2.45, 2.75) is 38.4 Å². The SMILES string of the molecule is CCCC/C(Cl)=C(\[Se]CC)C(=O)OC. The van der Waals surface area contributed by atoms with Crippen LogP contribution in [0.2, 0.25) is 5.32 Å². The second-order valence-electron chi connectivity index (χ2n) is 2.76. The van der Waals surface area contributed by atoms with E-state index in [2.05, 4.69) is 6.92 Å². The topological polar surface area (TPSA) is 26.3 Å². The number of rotatable bonds is 6. The van der Waals surface area contributed by atoms with E-state index in [0.717, 1.165) is 24.6 Å². The fraction of sp³-hybridized carbons (Fsp3) is 0.700. The quantitative estimate of drug-likeness (QED) is 0.426. The zero-order chi connectivity index (χ0) is 11.0. The van der Waals surface area contributed by atoms with Gasteiger partial charge >= 0.3 is 97.1 Å². The van der Waals surface area contributed by atoms with E-state index in [0.29, 0.717) is 9.50 Å². The Morgan fingerprint density at radius 1 is 1.43 bits per heavy atom. The molecule has 0 saturated carbocycles. The number of hydrogen-bond donors (Lipinski definition) is 0. The van der Waals surface area contributed by atoms with E-state index in [1.54, 1.807) is 0 Å². The van der Waals surface area contributed by atoms with Crippen LogP contribution in [-0.4, -0.2) is 28.0 Å². The van der Waals surface area contributed by atoms with Gasteiger partial charge in [-0.15, -0.1) is 0 Å². The molecule has 0 aliphatic rings. The molecule has 0 unspecified atom stereocenters. The van der Waals surface area contributed by atoms with Crippen LogP contribution in [0.5, 0.6) is 0 Å². The fourth-order valence-corrected chi connectivity index (χ4v) is 3.00. The number of carbonyl (C=O) groups is 1. The monoisotopic (exact) mass is 284 g/mol. The van der Waals surface area contributed by atoms with E-state index >= 15 is 0 Å². The second kappa shape index (κ2) is 8.34. The van der Waals surface area contributed by atoms with Crippen molar-refractivity contribution in [3.8, 4) is 0 Å². The average Bonchev–Trinajstić information content (AvgIpc) is 2.21. The molecule has 0 radical (unpaired) electrons. The molecule has 0 amide bonds. The van der Waals surface area contributed by atoms with E-state index in [1.165, 1.54) is 7.11 Å². The minimum absolute atomic E-state index is 0.151. The molecule has 82 valence electrons. The summed E-state index contributed by atoms with van der Waals surface area (Å²) in [7, 11) is 1.40.